The van der Waals surface area contributed by atoms with Crippen molar-refractivity contribution in [1.82, 2.24) is 4.90 Å². The molecule has 0 saturated heterocycles. The van der Waals surface area contributed by atoms with Crippen molar-refractivity contribution in [2.45, 2.75) is 19.6 Å². The second-order valence-corrected chi connectivity index (χ2v) is 5.68. The number of amides is 1. The number of hydrogen-bond donors (Lipinski definition) is 0. The third kappa shape index (κ3) is 4.64. The smallest absolute Gasteiger partial charge is 0.416 e. The number of likely N-dealkylation sites (N-methyl/N-ethyl adjacent to an activating group) is 1. The summed E-state index contributed by atoms with van der Waals surface area (Å²) in [6.45, 7) is 2.05. The fourth-order valence-electron chi connectivity index (χ4n) is 2.02. The maximum atomic E-state index is 12.7. The van der Waals surface area contributed by atoms with Crippen molar-refractivity contribution in [2.24, 2.45) is 0 Å². The van der Waals surface area contributed by atoms with Crippen LogP contribution >= 0.6 is 11.6 Å². The molecule has 0 aliphatic carbocycles. The molecule has 1 aromatic heterocycles. The van der Waals surface area contributed by atoms with Crippen molar-refractivity contribution in [3.8, 4) is 0 Å². The molecule has 128 valence electrons. The van der Waals surface area contributed by atoms with E-state index in [1.54, 1.807) is 26.1 Å². The van der Waals surface area contributed by atoms with Crippen LogP contribution in [0.4, 0.5) is 13.2 Å². The number of hydrogen-bond acceptors (Lipinski definition) is 2. The molecule has 0 N–H and O–H groups in total. The number of alkyl halides is 3. The van der Waals surface area contributed by atoms with Crippen molar-refractivity contribution in [3.05, 3.63) is 64.1 Å². The summed E-state index contributed by atoms with van der Waals surface area (Å²) in [7, 11) is 1.57. The molecule has 0 unspecified atom stereocenters. The third-order valence-corrected chi connectivity index (χ3v) is 3.64. The van der Waals surface area contributed by atoms with Crippen LogP contribution in [0.5, 0.6) is 0 Å². The molecule has 0 aliphatic heterocycles. The van der Waals surface area contributed by atoms with Crippen molar-refractivity contribution < 1.29 is 22.4 Å². The fraction of sp³-hybridized carbons (Fsp3) is 0.235. The molecule has 7 heteroatoms. The molecule has 2 rings (SSSR count). The second-order valence-electron chi connectivity index (χ2n) is 5.27. The molecular weight excluding hydrogens is 343 g/mol. The van der Waals surface area contributed by atoms with Gasteiger partial charge in [-0.15, -0.1) is 0 Å². The Morgan fingerprint density at radius 1 is 1.29 bits per heavy atom. The predicted octanol–water partition coefficient (Wildman–Crippen LogP) is 4.93. The molecule has 24 heavy (non-hydrogen) atoms. The summed E-state index contributed by atoms with van der Waals surface area (Å²) in [4.78, 5) is 13.4. The molecule has 2 aromatic rings. The zero-order valence-electron chi connectivity index (χ0n) is 13.0. The number of nitrogens with zero attached hydrogens (tertiary/aromatic N) is 1. The van der Waals surface area contributed by atoms with E-state index in [2.05, 4.69) is 0 Å². The van der Waals surface area contributed by atoms with Gasteiger partial charge in [-0.05, 0) is 48.9 Å². The fourth-order valence-corrected chi connectivity index (χ4v) is 2.20. The largest absolute Gasteiger partial charge is 0.464 e. The number of furan rings is 1. The molecule has 1 heterocycles. The summed E-state index contributed by atoms with van der Waals surface area (Å²) in [6, 6.07) is 6.50. The highest BCUT2D eigenvalue weighted by Gasteiger charge is 2.30. The van der Waals surface area contributed by atoms with Gasteiger partial charge in [0.2, 0.25) is 5.91 Å². The summed E-state index contributed by atoms with van der Waals surface area (Å²) in [5, 5.41) is 0.136. The van der Waals surface area contributed by atoms with Gasteiger partial charge < -0.3 is 9.32 Å². The Labute approximate surface area is 142 Å². The van der Waals surface area contributed by atoms with E-state index in [1.807, 2.05) is 0 Å². The summed E-state index contributed by atoms with van der Waals surface area (Å²) < 4.78 is 43.5. The zero-order chi connectivity index (χ0) is 17.9. The average Bonchev–Trinajstić information content (AvgIpc) is 2.89. The molecule has 1 amide bonds. The first-order valence-electron chi connectivity index (χ1n) is 7.02. The maximum Gasteiger partial charge on any atom is 0.416 e. The van der Waals surface area contributed by atoms with Crippen LogP contribution in [0.15, 0.2) is 40.8 Å². The summed E-state index contributed by atoms with van der Waals surface area (Å²) in [5.74, 6) is 0.975. The lowest BCUT2D eigenvalue weighted by atomic mass is 10.1. The standard InChI is InChI=1S/C17H15ClF3NO2/c1-11-3-6-14(24-11)10-22(2)16(23)8-4-12-9-13(17(19,20)21)5-7-15(12)18/h3-9H,10H2,1-2H3. The number of carbonyl (C=O) groups excluding carboxylic acids is 1. The lowest BCUT2D eigenvalue weighted by Crippen LogP contribution is -2.23. The monoisotopic (exact) mass is 357 g/mol. The summed E-state index contributed by atoms with van der Waals surface area (Å²) in [6.07, 6.45) is -2.02. The van der Waals surface area contributed by atoms with Crippen molar-refractivity contribution in [3.63, 3.8) is 0 Å². The Morgan fingerprint density at radius 2 is 2.00 bits per heavy atom. The Bertz CT molecular complexity index is 765. The molecule has 1 aromatic carbocycles. The van der Waals surface area contributed by atoms with E-state index in [-0.39, 0.29) is 23.0 Å². The van der Waals surface area contributed by atoms with Gasteiger partial charge in [0.1, 0.15) is 11.5 Å². The molecule has 0 spiro atoms. The SMILES string of the molecule is Cc1ccc(CN(C)C(=O)C=Cc2cc(C(F)(F)F)ccc2Cl)o1. The topological polar surface area (TPSA) is 33.5 Å². The number of benzene rings is 1. The third-order valence-electron chi connectivity index (χ3n) is 3.29. The highest BCUT2D eigenvalue weighted by molar-refractivity contribution is 6.32. The number of halogens is 4. The van der Waals surface area contributed by atoms with Gasteiger partial charge in [0, 0.05) is 18.1 Å². The van der Waals surface area contributed by atoms with Crippen LogP contribution in [-0.2, 0) is 17.5 Å². The van der Waals surface area contributed by atoms with Gasteiger partial charge in [-0.1, -0.05) is 11.6 Å². The van der Waals surface area contributed by atoms with Crippen LogP contribution in [0, 0.1) is 6.92 Å². The lowest BCUT2D eigenvalue weighted by Gasteiger charge is -2.13. The molecular formula is C17H15ClF3NO2. The molecule has 0 bridgehead atoms. The molecule has 0 saturated carbocycles. The van der Waals surface area contributed by atoms with E-state index in [4.69, 9.17) is 16.0 Å². The average molecular weight is 358 g/mol. The van der Waals surface area contributed by atoms with Crippen LogP contribution in [0.25, 0.3) is 6.08 Å². The van der Waals surface area contributed by atoms with Gasteiger partial charge in [0.25, 0.3) is 0 Å². The predicted molar refractivity (Wildman–Crippen MR) is 85.4 cm³/mol. The normalized spacial score (nSPS) is 11.9. The van der Waals surface area contributed by atoms with E-state index in [0.717, 1.165) is 24.0 Å². The number of carbonyl (C=O) groups is 1. The van der Waals surface area contributed by atoms with Crippen LogP contribution in [0.3, 0.4) is 0 Å². The molecule has 0 radical (unpaired) electrons. The van der Waals surface area contributed by atoms with Gasteiger partial charge in [-0.3, -0.25) is 4.79 Å². The highest BCUT2D eigenvalue weighted by atomic mass is 35.5. The Balaban J connectivity index is 2.10. The van der Waals surface area contributed by atoms with E-state index >= 15 is 0 Å². The first-order valence-corrected chi connectivity index (χ1v) is 7.40. The maximum absolute atomic E-state index is 12.7. The molecule has 0 fully saturated rings. The highest BCUT2D eigenvalue weighted by Crippen LogP contribution is 2.32. The van der Waals surface area contributed by atoms with E-state index in [1.165, 1.54) is 17.1 Å². The Morgan fingerprint density at radius 3 is 2.58 bits per heavy atom. The first kappa shape index (κ1) is 18.1. The van der Waals surface area contributed by atoms with Crippen LogP contribution in [0.2, 0.25) is 5.02 Å². The Kier molecular flexibility index (Phi) is 5.39. The van der Waals surface area contributed by atoms with E-state index in [9.17, 15) is 18.0 Å². The van der Waals surface area contributed by atoms with Gasteiger partial charge >= 0.3 is 6.18 Å². The van der Waals surface area contributed by atoms with Crippen molar-refractivity contribution >= 4 is 23.6 Å². The molecule has 0 atom stereocenters. The van der Waals surface area contributed by atoms with Crippen molar-refractivity contribution in [2.75, 3.05) is 7.05 Å². The lowest BCUT2D eigenvalue weighted by molar-refractivity contribution is -0.137. The number of aryl methyl sites for hydroxylation is 1. The van der Waals surface area contributed by atoms with Gasteiger partial charge in [-0.25, -0.2) is 0 Å². The first-order chi connectivity index (χ1) is 11.2. The van der Waals surface area contributed by atoms with Crippen molar-refractivity contribution in [1.29, 1.82) is 0 Å². The quantitative estimate of drug-likeness (QED) is 0.727. The number of rotatable bonds is 4. The van der Waals surface area contributed by atoms with Crippen LogP contribution in [0.1, 0.15) is 22.6 Å². The second kappa shape index (κ2) is 7.13. The Hall–Kier alpha value is -2.21. The van der Waals surface area contributed by atoms with E-state index < -0.39 is 11.7 Å². The van der Waals surface area contributed by atoms with Crippen LogP contribution in [-0.4, -0.2) is 17.9 Å². The van der Waals surface area contributed by atoms with E-state index in [0.29, 0.717) is 5.76 Å². The minimum absolute atomic E-state index is 0.127. The minimum Gasteiger partial charge on any atom is -0.464 e. The molecule has 3 nitrogen and oxygen atoms in total. The molecule has 0 aliphatic rings. The van der Waals surface area contributed by atoms with Gasteiger partial charge in [0.05, 0.1) is 12.1 Å². The summed E-state index contributed by atoms with van der Waals surface area (Å²) in [5.41, 5.74) is -0.694. The zero-order valence-corrected chi connectivity index (χ0v) is 13.8. The van der Waals surface area contributed by atoms with Crippen LogP contribution < -0.4 is 0 Å². The van der Waals surface area contributed by atoms with Gasteiger partial charge in [0.15, 0.2) is 0 Å². The van der Waals surface area contributed by atoms with Gasteiger partial charge in [-0.2, -0.15) is 13.2 Å². The summed E-state index contributed by atoms with van der Waals surface area (Å²) >= 11 is 5.88. The minimum atomic E-state index is -4.47.